The zero-order chi connectivity index (χ0) is 22.9. The van der Waals surface area contributed by atoms with E-state index in [4.69, 9.17) is 9.72 Å². The van der Waals surface area contributed by atoms with Crippen molar-refractivity contribution in [2.45, 2.75) is 43.8 Å². The first-order chi connectivity index (χ1) is 14.5. The summed E-state index contributed by atoms with van der Waals surface area (Å²) in [5.74, 6) is 1.19. The number of aromatic nitrogens is 2. The monoisotopic (exact) mass is 481 g/mol. The summed E-state index contributed by atoms with van der Waals surface area (Å²) in [5.41, 5.74) is 1.01. The lowest BCUT2D eigenvalue weighted by Gasteiger charge is -2.15. The number of nitrogens with zero attached hydrogens (tertiary/aromatic N) is 3. The van der Waals surface area contributed by atoms with Crippen molar-refractivity contribution in [3.63, 3.8) is 0 Å². The topological polar surface area (TPSA) is 81.5 Å². The standard InChI is InChI=1S/C21H27N3O4S3/c1-13(2)24-20(25)18-14(3)15(4)30-19(18)22-21(24)29-12-11-28-16-7-9-17(10-8-16)31(26,27)23(5)6/h7-10,13H,11-12H2,1-6H3. The van der Waals surface area contributed by atoms with Crippen molar-refractivity contribution >= 4 is 43.3 Å². The summed E-state index contributed by atoms with van der Waals surface area (Å²) in [6.07, 6.45) is 0. The van der Waals surface area contributed by atoms with Crippen LogP contribution in [0, 0.1) is 13.8 Å². The van der Waals surface area contributed by atoms with Crippen LogP contribution in [0.5, 0.6) is 5.75 Å². The average molecular weight is 482 g/mol. The normalized spacial score (nSPS) is 12.3. The van der Waals surface area contributed by atoms with Gasteiger partial charge in [-0.3, -0.25) is 9.36 Å². The van der Waals surface area contributed by atoms with Gasteiger partial charge in [0.1, 0.15) is 10.6 Å². The Bertz CT molecular complexity index is 1240. The second-order valence-corrected chi connectivity index (χ2v) is 12.0. The van der Waals surface area contributed by atoms with E-state index >= 15 is 0 Å². The van der Waals surface area contributed by atoms with Gasteiger partial charge >= 0.3 is 0 Å². The fraction of sp³-hybridized carbons (Fsp3) is 0.429. The molecule has 0 fully saturated rings. The molecule has 3 aromatic rings. The van der Waals surface area contributed by atoms with Crippen LogP contribution in [0.3, 0.4) is 0 Å². The number of ether oxygens (including phenoxy) is 1. The maximum atomic E-state index is 13.1. The minimum absolute atomic E-state index is 0.00128. The largest absolute Gasteiger partial charge is 0.493 e. The molecule has 3 rings (SSSR count). The first kappa shape index (κ1) is 23.8. The van der Waals surface area contributed by atoms with Crippen LogP contribution >= 0.6 is 23.1 Å². The van der Waals surface area contributed by atoms with Crippen molar-refractivity contribution in [1.82, 2.24) is 13.9 Å². The van der Waals surface area contributed by atoms with Gasteiger partial charge in [-0.25, -0.2) is 17.7 Å². The summed E-state index contributed by atoms with van der Waals surface area (Å²) < 4.78 is 32.9. The second-order valence-electron chi connectivity index (χ2n) is 7.58. The van der Waals surface area contributed by atoms with E-state index in [2.05, 4.69) is 0 Å². The van der Waals surface area contributed by atoms with Gasteiger partial charge in [0.25, 0.3) is 5.56 Å². The quantitative estimate of drug-likeness (QED) is 0.274. The summed E-state index contributed by atoms with van der Waals surface area (Å²) in [6.45, 7) is 8.34. The Morgan fingerprint density at radius 2 is 1.84 bits per heavy atom. The molecule has 2 heterocycles. The Hall–Kier alpha value is -1.88. The molecule has 0 aliphatic heterocycles. The van der Waals surface area contributed by atoms with E-state index in [1.54, 1.807) is 28.0 Å². The molecule has 0 aliphatic carbocycles. The number of hydrogen-bond acceptors (Lipinski definition) is 7. The van der Waals surface area contributed by atoms with Crippen molar-refractivity contribution in [2.75, 3.05) is 26.5 Å². The Kier molecular flexibility index (Phi) is 7.14. The minimum Gasteiger partial charge on any atom is -0.493 e. The van der Waals surface area contributed by atoms with Gasteiger partial charge in [0, 0.05) is 30.8 Å². The fourth-order valence-electron chi connectivity index (χ4n) is 3.06. The van der Waals surface area contributed by atoms with Crippen LogP contribution in [-0.4, -0.2) is 48.7 Å². The highest BCUT2D eigenvalue weighted by molar-refractivity contribution is 7.99. The molecule has 10 heteroatoms. The van der Waals surface area contributed by atoms with E-state index < -0.39 is 10.0 Å². The van der Waals surface area contributed by atoms with Gasteiger partial charge in [-0.05, 0) is 57.5 Å². The molecule has 0 aliphatic rings. The smallest absolute Gasteiger partial charge is 0.263 e. The van der Waals surface area contributed by atoms with Gasteiger partial charge in [-0.1, -0.05) is 11.8 Å². The Balaban J connectivity index is 1.71. The third-order valence-corrected chi connectivity index (χ3v) is 8.75. The van der Waals surface area contributed by atoms with Crippen LogP contribution < -0.4 is 10.3 Å². The number of thioether (sulfide) groups is 1. The Morgan fingerprint density at radius 3 is 2.42 bits per heavy atom. The number of hydrogen-bond donors (Lipinski definition) is 0. The van der Waals surface area contributed by atoms with Crippen LogP contribution in [0.2, 0.25) is 0 Å². The number of rotatable bonds is 8. The molecule has 0 unspecified atom stereocenters. The average Bonchev–Trinajstić information content (AvgIpc) is 2.99. The highest BCUT2D eigenvalue weighted by atomic mass is 32.2. The van der Waals surface area contributed by atoms with Crippen LogP contribution in [-0.2, 0) is 10.0 Å². The van der Waals surface area contributed by atoms with Gasteiger partial charge in [0.05, 0.1) is 16.9 Å². The Labute approximate surface area is 191 Å². The lowest BCUT2D eigenvalue weighted by atomic mass is 10.2. The number of sulfonamides is 1. The summed E-state index contributed by atoms with van der Waals surface area (Å²) in [5, 5.41) is 1.40. The molecule has 2 aromatic heterocycles. The predicted octanol–water partition coefficient (Wildman–Crippen LogP) is 4.08. The SMILES string of the molecule is Cc1sc2nc(SCCOc3ccc(S(=O)(=O)N(C)C)cc3)n(C(C)C)c(=O)c2c1C. The summed E-state index contributed by atoms with van der Waals surface area (Å²) >= 11 is 3.03. The lowest BCUT2D eigenvalue weighted by molar-refractivity contribution is 0.343. The molecule has 0 bridgehead atoms. The zero-order valence-corrected chi connectivity index (χ0v) is 20.9. The summed E-state index contributed by atoms with van der Waals surface area (Å²) in [4.78, 5) is 19.9. The molecule has 1 aromatic carbocycles. The maximum absolute atomic E-state index is 13.1. The molecular weight excluding hydrogens is 454 g/mol. The lowest BCUT2D eigenvalue weighted by Crippen LogP contribution is -2.25. The molecular formula is C21H27N3O4S3. The van der Waals surface area contributed by atoms with Gasteiger partial charge in [-0.2, -0.15) is 0 Å². The molecule has 7 nitrogen and oxygen atoms in total. The Morgan fingerprint density at radius 1 is 1.19 bits per heavy atom. The molecule has 0 N–H and O–H groups in total. The number of fused-ring (bicyclic) bond motifs is 1. The first-order valence-electron chi connectivity index (χ1n) is 9.84. The molecule has 0 atom stereocenters. The van der Waals surface area contributed by atoms with Gasteiger partial charge in [-0.15, -0.1) is 11.3 Å². The summed E-state index contributed by atoms with van der Waals surface area (Å²) in [7, 11) is -0.461. The van der Waals surface area contributed by atoms with Crippen LogP contribution in [0.25, 0.3) is 10.2 Å². The van der Waals surface area contributed by atoms with Crippen molar-refractivity contribution in [3.05, 3.63) is 45.1 Å². The number of benzene rings is 1. The molecule has 0 saturated heterocycles. The molecule has 0 saturated carbocycles. The zero-order valence-electron chi connectivity index (χ0n) is 18.5. The number of thiophene rings is 1. The van der Waals surface area contributed by atoms with E-state index in [1.165, 1.54) is 42.3 Å². The van der Waals surface area contributed by atoms with Gasteiger partial charge < -0.3 is 4.74 Å². The molecule has 0 radical (unpaired) electrons. The van der Waals surface area contributed by atoms with Crippen molar-refractivity contribution in [2.24, 2.45) is 0 Å². The predicted molar refractivity (Wildman–Crippen MR) is 127 cm³/mol. The number of aryl methyl sites for hydroxylation is 2. The third kappa shape index (κ3) is 4.82. The van der Waals surface area contributed by atoms with Crippen molar-refractivity contribution in [1.29, 1.82) is 0 Å². The van der Waals surface area contributed by atoms with Crippen LogP contribution in [0.15, 0.2) is 39.1 Å². The third-order valence-electron chi connectivity index (χ3n) is 4.90. The first-order valence-corrected chi connectivity index (χ1v) is 13.1. The molecule has 0 spiro atoms. The van der Waals surface area contributed by atoms with Crippen molar-refractivity contribution in [3.8, 4) is 5.75 Å². The van der Waals surface area contributed by atoms with Gasteiger partial charge in [0.15, 0.2) is 5.16 Å². The maximum Gasteiger partial charge on any atom is 0.263 e. The second kappa shape index (κ2) is 9.32. The van der Waals surface area contributed by atoms with E-state index in [9.17, 15) is 13.2 Å². The fourth-order valence-corrected chi connectivity index (χ4v) is 5.97. The summed E-state index contributed by atoms with van der Waals surface area (Å²) in [6, 6.07) is 6.36. The van der Waals surface area contributed by atoms with Gasteiger partial charge in [0.2, 0.25) is 10.0 Å². The van der Waals surface area contributed by atoms with Crippen LogP contribution in [0.1, 0.15) is 30.3 Å². The molecule has 0 amide bonds. The van der Waals surface area contributed by atoms with E-state index in [0.717, 1.165) is 15.3 Å². The van der Waals surface area contributed by atoms with Crippen LogP contribution in [0.4, 0.5) is 0 Å². The molecule has 168 valence electrons. The van der Waals surface area contributed by atoms with E-state index in [1.807, 2.05) is 27.7 Å². The van der Waals surface area contributed by atoms with Crippen molar-refractivity contribution < 1.29 is 13.2 Å². The van der Waals surface area contributed by atoms with E-state index in [-0.39, 0.29) is 16.5 Å². The minimum atomic E-state index is -3.46. The highest BCUT2D eigenvalue weighted by Gasteiger charge is 2.19. The highest BCUT2D eigenvalue weighted by Crippen LogP contribution is 2.29. The van der Waals surface area contributed by atoms with E-state index in [0.29, 0.717) is 28.7 Å². The molecule has 31 heavy (non-hydrogen) atoms.